The summed E-state index contributed by atoms with van der Waals surface area (Å²) in [5.41, 5.74) is 3.43. The first kappa shape index (κ1) is 31.7. The normalized spacial score (nSPS) is 14.3. The van der Waals surface area contributed by atoms with Gasteiger partial charge in [0.25, 0.3) is 11.6 Å². The second-order valence-electron chi connectivity index (χ2n) is 12.9. The van der Waals surface area contributed by atoms with Crippen molar-refractivity contribution in [3.05, 3.63) is 116 Å². The lowest BCUT2D eigenvalue weighted by Crippen LogP contribution is -2.52. The summed E-state index contributed by atoms with van der Waals surface area (Å²) in [6.45, 7) is 7.02. The molecule has 2 amide bonds. The summed E-state index contributed by atoms with van der Waals surface area (Å²) in [6, 6.07) is 25.9. The third-order valence-corrected chi connectivity index (χ3v) is 10.1. The Labute approximate surface area is 285 Å². The molecular weight excluding hydrogens is 670 g/mol. The van der Waals surface area contributed by atoms with E-state index in [2.05, 4.69) is 80.8 Å². The summed E-state index contributed by atoms with van der Waals surface area (Å²) in [4.78, 5) is 48.3. The first-order valence-electron chi connectivity index (χ1n) is 16.0. The SMILES string of the molecule is Cc1ccc(-c2nc3c(Br)cc4c(c3[nH]2)C(=O)N(CCCNCCc2c3ccccc3cc3ccccc23)C(=O)C4(C)C)cc1[N+](=O)[O-]. The number of nitro groups is 1. The number of amides is 2. The molecule has 9 nitrogen and oxygen atoms in total. The minimum atomic E-state index is -0.962. The van der Waals surface area contributed by atoms with Crippen molar-refractivity contribution in [1.29, 1.82) is 0 Å². The number of hydrogen-bond donors (Lipinski definition) is 2. The summed E-state index contributed by atoms with van der Waals surface area (Å²) in [5, 5.41) is 20.1. The van der Waals surface area contributed by atoms with Gasteiger partial charge in [-0.05, 0) is 107 Å². The molecule has 0 saturated carbocycles. The van der Waals surface area contributed by atoms with Crippen molar-refractivity contribution in [1.82, 2.24) is 20.2 Å². The van der Waals surface area contributed by atoms with Gasteiger partial charge in [0.15, 0.2) is 0 Å². The number of nitrogens with zero attached hydrogens (tertiary/aromatic N) is 3. The van der Waals surface area contributed by atoms with Crippen LogP contribution in [0.3, 0.4) is 0 Å². The molecule has 0 bridgehead atoms. The number of halogens is 1. The molecule has 0 aliphatic carbocycles. The van der Waals surface area contributed by atoms with Crippen molar-refractivity contribution < 1.29 is 14.5 Å². The number of nitro benzene ring substituents is 1. The number of aromatic amines is 1. The highest BCUT2D eigenvalue weighted by molar-refractivity contribution is 9.10. The molecule has 242 valence electrons. The Bertz CT molecular complexity index is 2240. The summed E-state index contributed by atoms with van der Waals surface area (Å²) < 4.78 is 0.630. The zero-order valence-electron chi connectivity index (χ0n) is 26.9. The Morgan fingerprint density at radius 2 is 1.65 bits per heavy atom. The molecule has 0 atom stereocenters. The maximum absolute atomic E-state index is 14.1. The Balaban J connectivity index is 1.10. The van der Waals surface area contributed by atoms with E-state index in [0.29, 0.717) is 56.5 Å². The predicted octanol–water partition coefficient (Wildman–Crippen LogP) is 8.00. The fourth-order valence-corrected chi connectivity index (χ4v) is 7.41. The van der Waals surface area contributed by atoms with Crippen LogP contribution in [0.25, 0.3) is 44.0 Å². The number of aryl methyl sites for hydroxylation is 1. The van der Waals surface area contributed by atoms with Gasteiger partial charge in [0.2, 0.25) is 5.91 Å². The molecule has 5 aromatic carbocycles. The van der Waals surface area contributed by atoms with E-state index in [1.165, 1.54) is 38.1 Å². The molecule has 48 heavy (non-hydrogen) atoms. The van der Waals surface area contributed by atoms with Gasteiger partial charge in [-0.15, -0.1) is 0 Å². The molecule has 1 aromatic heterocycles. The summed E-state index contributed by atoms with van der Waals surface area (Å²) in [6.07, 6.45) is 1.45. The van der Waals surface area contributed by atoms with Crippen LogP contribution >= 0.6 is 15.9 Å². The minimum absolute atomic E-state index is 0.0119. The standard InChI is InChI=1S/C38H34BrN5O4/c1-22-13-14-25(20-31(22)44(47)48)35-41-33-30(39)21-29-32(34(33)42-35)36(45)43(37(46)38(29,2)3)18-8-16-40-17-15-28-26-11-6-4-9-23(26)19-24-10-5-7-12-27(24)28/h4-7,9-14,19-21,40H,8,15-18H2,1-3H3,(H,41,42). The predicted molar refractivity (Wildman–Crippen MR) is 192 cm³/mol. The van der Waals surface area contributed by atoms with Gasteiger partial charge in [0.05, 0.1) is 21.4 Å². The zero-order chi connectivity index (χ0) is 33.7. The molecule has 2 heterocycles. The molecule has 1 aliphatic rings. The van der Waals surface area contributed by atoms with E-state index in [0.717, 1.165) is 13.0 Å². The summed E-state index contributed by atoms with van der Waals surface area (Å²) >= 11 is 3.59. The van der Waals surface area contributed by atoms with E-state index in [1.807, 2.05) is 13.8 Å². The number of hydrogen-bond acceptors (Lipinski definition) is 6. The molecule has 0 fully saturated rings. The number of H-pyrrole nitrogens is 1. The van der Waals surface area contributed by atoms with Gasteiger partial charge in [-0.1, -0.05) is 60.7 Å². The Morgan fingerprint density at radius 3 is 2.33 bits per heavy atom. The molecule has 0 spiro atoms. The van der Waals surface area contributed by atoms with Gasteiger partial charge in [0.1, 0.15) is 11.3 Å². The molecule has 6 aromatic rings. The molecule has 10 heteroatoms. The van der Waals surface area contributed by atoms with E-state index < -0.39 is 10.3 Å². The van der Waals surface area contributed by atoms with E-state index in [9.17, 15) is 19.7 Å². The summed E-state index contributed by atoms with van der Waals surface area (Å²) in [7, 11) is 0. The van der Waals surface area contributed by atoms with Crippen LogP contribution in [0.1, 0.15) is 47.3 Å². The number of carbonyl (C=O) groups is 2. The highest BCUT2D eigenvalue weighted by atomic mass is 79.9. The lowest BCUT2D eigenvalue weighted by molar-refractivity contribution is -0.385. The number of aromatic nitrogens is 2. The quantitative estimate of drug-likeness (QED) is 0.0518. The monoisotopic (exact) mass is 703 g/mol. The van der Waals surface area contributed by atoms with Crippen LogP contribution in [-0.2, 0) is 16.6 Å². The fraction of sp³-hybridized carbons (Fsp3) is 0.237. The number of imide groups is 1. The van der Waals surface area contributed by atoms with Crippen molar-refractivity contribution >= 4 is 66.0 Å². The van der Waals surface area contributed by atoms with E-state index in [1.54, 1.807) is 25.1 Å². The van der Waals surface area contributed by atoms with Crippen LogP contribution in [0.5, 0.6) is 0 Å². The van der Waals surface area contributed by atoms with Gasteiger partial charge in [-0.2, -0.15) is 0 Å². The molecule has 2 N–H and O–H groups in total. The van der Waals surface area contributed by atoms with E-state index >= 15 is 0 Å². The van der Waals surface area contributed by atoms with Gasteiger partial charge >= 0.3 is 0 Å². The molecular formula is C38H34BrN5O4. The van der Waals surface area contributed by atoms with Gasteiger partial charge in [-0.25, -0.2) is 4.98 Å². The average Bonchev–Trinajstić information content (AvgIpc) is 3.52. The van der Waals surface area contributed by atoms with Gasteiger partial charge in [0, 0.05) is 28.2 Å². The minimum Gasteiger partial charge on any atom is -0.337 e. The molecule has 0 unspecified atom stereocenters. The highest BCUT2D eigenvalue weighted by Crippen LogP contribution is 2.41. The number of rotatable bonds is 9. The number of fused-ring (bicyclic) bond motifs is 5. The smallest absolute Gasteiger partial charge is 0.273 e. The van der Waals surface area contributed by atoms with Crippen LogP contribution in [0, 0.1) is 17.0 Å². The van der Waals surface area contributed by atoms with Gasteiger partial charge in [-0.3, -0.25) is 24.6 Å². The van der Waals surface area contributed by atoms with Crippen molar-refractivity contribution in [3.8, 4) is 11.4 Å². The average molecular weight is 705 g/mol. The van der Waals surface area contributed by atoms with Crippen molar-refractivity contribution in [2.24, 2.45) is 0 Å². The van der Waals surface area contributed by atoms with Crippen LogP contribution in [-0.4, -0.2) is 51.2 Å². The fourth-order valence-electron chi connectivity index (χ4n) is 6.89. The van der Waals surface area contributed by atoms with E-state index in [-0.39, 0.29) is 24.0 Å². The number of nitrogens with one attached hydrogen (secondary N) is 2. The zero-order valence-corrected chi connectivity index (χ0v) is 28.5. The third kappa shape index (κ3) is 5.35. The number of imidazole rings is 1. The lowest BCUT2D eigenvalue weighted by Gasteiger charge is -2.37. The Hall–Kier alpha value is -4.93. The molecule has 0 radical (unpaired) electrons. The van der Waals surface area contributed by atoms with Crippen LogP contribution in [0.2, 0.25) is 0 Å². The molecule has 0 saturated heterocycles. The lowest BCUT2D eigenvalue weighted by atomic mass is 9.76. The maximum Gasteiger partial charge on any atom is 0.273 e. The van der Waals surface area contributed by atoms with Gasteiger partial charge < -0.3 is 10.3 Å². The molecule has 1 aliphatic heterocycles. The largest absolute Gasteiger partial charge is 0.337 e. The first-order chi connectivity index (χ1) is 23.1. The van der Waals surface area contributed by atoms with Crippen molar-refractivity contribution in [2.45, 2.75) is 39.0 Å². The number of carbonyl (C=O) groups excluding carboxylic acids is 2. The van der Waals surface area contributed by atoms with Crippen LogP contribution < -0.4 is 5.32 Å². The topological polar surface area (TPSA) is 121 Å². The third-order valence-electron chi connectivity index (χ3n) is 9.48. The van der Waals surface area contributed by atoms with Crippen LogP contribution in [0.4, 0.5) is 5.69 Å². The highest BCUT2D eigenvalue weighted by Gasteiger charge is 2.46. The van der Waals surface area contributed by atoms with Crippen molar-refractivity contribution in [3.63, 3.8) is 0 Å². The second-order valence-corrected chi connectivity index (χ2v) is 13.7. The summed E-state index contributed by atoms with van der Waals surface area (Å²) in [5.74, 6) is -0.221. The Morgan fingerprint density at radius 1 is 0.958 bits per heavy atom. The molecule has 7 rings (SSSR count). The van der Waals surface area contributed by atoms with Crippen molar-refractivity contribution in [2.75, 3.05) is 19.6 Å². The Kier molecular flexibility index (Phi) is 8.09. The second kappa shape index (κ2) is 12.3. The number of benzene rings is 5. The first-order valence-corrected chi connectivity index (χ1v) is 16.8. The van der Waals surface area contributed by atoms with E-state index in [4.69, 9.17) is 4.98 Å². The van der Waals surface area contributed by atoms with Crippen LogP contribution in [0.15, 0.2) is 83.3 Å². The maximum atomic E-state index is 14.1.